The maximum Gasteiger partial charge on any atom is 0.251 e. The Labute approximate surface area is 125 Å². The van der Waals surface area contributed by atoms with E-state index in [4.69, 9.17) is 14.6 Å². The van der Waals surface area contributed by atoms with Crippen LogP contribution in [0, 0.1) is 17.8 Å². The van der Waals surface area contributed by atoms with Crippen LogP contribution in [0.1, 0.15) is 22.8 Å². The van der Waals surface area contributed by atoms with Gasteiger partial charge in [-0.15, -0.1) is 0 Å². The summed E-state index contributed by atoms with van der Waals surface area (Å²) in [5.41, 5.74) is 1.08. The molecule has 1 atom stereocenters. The second-order valence-corrected chi connectivity index (χ2v) is 4.65. The monoisotopic (exact) mass is 291 g/mol. The number of carbonyl (C=O) groups is 1. The van der Waals surface area contributed by atoms with E-state index in [0.717, 1.165) is 0 Å². The SMILES string of the molecule is COCC(C)CNC(=O)c1ccc(OC)c(C#CCO)c1. The van der Waals surface area contributed by atoms with Crippen LogP contribution < -0.4 is 10.1 Å². The molecule has 1 unspecified atom stereocenters. The van der Waals surface area contributed by atoms with Gasteiger partial charge in [0.2, 0.25) is 0 Å². The Balaban J connectivity index is 2.80. The summed E-state index contributed by atoms with van der Waals surface area (Å²) in [5.74, 6) is 5.96. The number of hydrogen-bond acceptors (Lipinski definition) is 4. The van der Waals surface area contributed by atoms with Gasteiger partial charge in [-0.2, -0.15) is 0 Å². The molecule has 5 heteroatoms. The Bertz CT molecular complexity index is 531. The van der Waals surface area contributed by atoms with Crippen molar-refractivity contribution in [3.63, 3.8) is 0 Å². The van der Waals surface area contributed by atoms with E-state index in [2.05, 4.69) is 17.2 Å². The predicted molar refractivity (Wildman–Crippen MR) is 80.3 cm³/mol. The van der Waals surface area contributed by atoms with Gasteiger partial charge in [0, 0.05) is 19.2 Å². The first-order chi connectivity index (χ1) is 10.1. The Kier molecular flexibility index (Phi) is 7.30. The van der Waals surface area contributed by atoms with Gasteiger partial charge in [0.1, 0.15) is 12.4 Å². The van der Waals surface area contributed by atoms with Gasteiger partial charge in [-0.3, -0.25) is 4.79 Å². The van der Waals surface area contributed by atoms with Crippen LogP contribution in [0.3, 0.4) is 0 Å². The van der Waals surface area contributed by atoms with Crippen molar-refractivity contribution in [2.24, 2.45) is 5.92 Å². The van der Waals surface area contributed by atoms with Gasteiger partial charge in [0.25, 0.3) is 5.91 Å². The maximum absolute atomic E-state index is 12.1. The summed E-state index contributed by atoms with van der Waals surface area (Å²) in [6, 6.07) is 5.02. The van der Waals surface area contributed by atoms with Crippen LogP contribution in [-0.4, -0.2) is 45.0 Å². The molecule has 1 aromatic carbocycles. The molecule has 114 valence electrons. The van der Waals surface area contributed by atoms with E-state index in [1.807, 2.05) is 6.92 Å². The van der Waals surface area contributed by atoms with E-state index in [9.17, 15) is 4.79 Å². The second-order valence-electron chi connectivity index (χ2n) is 4.65. The summed E-state index contributed by atoms with van der Waals surface area (Å²) in [6.45, 7) is 2.89. The fourth-order valence-electron chi connectivity index (χ4n) is 1.79. The van der Waals surface area contributed by atoms with Gasteiger partial charge in [-0.05, 0) is 24.1 Å². The summed E-state index contributed by atoms with van der Waals surface area (Å²) in [6.07, 6.45) is 0. The third-order valence-electron chi connectivity index (χ3n) is 2.83. The minimum atomic E-state index is -0.242. The lowest BCUT2D eigenvalue weighted by Crippen LogP contribution is -2.29. The molecule has 1 aromatic rings. The number of hydrogen-bond donors (Lipinski definition) is 2. The number of benzene rings is 1. The first kappa shape index (κ1) is 17.0. The van der Waals surface area contributed by atoms with Crippen LogP contribution in [0.4, 0.5) is 0 Å². The Morgan fingerprint density at radius 1 is 1.43 bits per heavy atom. The topological polar surface area (TPSA) is 67.8 Å². The number of nitrogens with one attached hydrogen (secondary N) is 1. The van der Waals surface area contributed by atoms with Gasteiger partial charge < -0.3 is 19.9 Å². The Morgan fingerprint density at radius 2 is 2.19 bits per heavy atom. The summed E-state index contributed by atoms with van der Waals surface area (Å²) in [5, 5.41) is 11.6. The largest absolute Gasteiger partial charge is 0.495 e. The lowest BCUT2D eigenvalue weighted by Gasteiger charge is -2.12. The number of carbonyl (C=O) groups excluding carboxylic acids is 1. The van der Waals surface area contributed by atoms with Crippen molar-refractivity contribution in [3.8, 4) is 17.6 Å². The summed E-state index contributed by atoms with van der Waals surface area (Å²) in [4.78, 5) is 12.1. The van der Waals surface area contributed by atoms with Crippen LogP contribution in [0.2, 0.25) is 0 Å². The molecule has 21 heavy (non-hydrogen) atoms. The van der Waals surface area contributed by atoms with Crippen molar-refractivity contribution in [2.75, 3.05) is 34.0 Å². The molecule has 0 radical (unpaired) electrons. The first-order valence-corrected chi connectivity index (χ1v) is 6.67. The Morgan fingerprint density at radius 3 is 2.81 bits per heavy atom. The lowest BCUT2D eigenvalue weighted by molar-refractivity contribution is 0.0934. The van der Waals surface area contributed by atoms with Crippen LogP contribution in [0.5, 0.6) is 5.75 Å². The molecule has 0 fully saturated rings. The number of aliphatic hydroxyl groups is 1. The zero-order valence-electron chi connectivity index (χ0n) is 12.6. The summed E-state index contributed by atoms with van der Waals surface area (Å²) in [7, 11) is 3.17. The van der Waals surface area contributed by atoms with Crippen molar-refractivity contribution >= 4 is 5.91 Å². The van der Waals surface area contributed by atoms with Gasteiger partial charge >= 0.3 is 0 Å². The molecule has 0 aromatic heterocycles. The fourth-order valence-corrected chi connectivity index (χ4v) is 1.79. The molecule has 0 aliphatic heterocycles. The van der Waals surface area contributed by atoms with Crippen LogP contribution in [-0.2, 0) is 4.74 Å². The van der Waals surface area contributed by atoms with E-state index >= 15 is 0 Å². The number of methoxy groups -OCH3 is 2. The van der Waals surface area contributed by atoms with E-state index in [0.29, 0.717) is 30.0 Å². The highest BCUT2D eigenvalue weighted by Gasteiger charge is 2.10. The van der Waals surface area contributed by atoms with Gasteiger partial charge in [-0.1, -0.05) is 18.8 Å². The molecule has 5 nitrogen and oxygen atoms in total. The zero-order chi connectivity index (χ0) is 15.7. The smallest absolute Gasteiger partial charge is 0.251 e. The maximum atomic E-state index is 12.1. The zero-order valence-corrected chi connectivity index (χ0v) is 12.6. The molecule has 0 heterocycles. The molecular formula is C16H21NO4. The molecule has 1 amide bonds. The standard InChI is InChI=1S/C16H21NO4/c1-12(11-20-2)10-17-16(19)14-6-7-15(21-3)13(9-14)5-4-8-18/h6-7,9,12,18H,8,10-11H2,1-3H3,(H,17,19). The van der Waals surface area contributed by atoms with Gasteiger partial charge in [-0.25, -0.2) is 0 Å². The lowest BCUT2D eigenvalue weighted by atomic mass is 10.1. The number of rotatable bonds is 6. The van der Waals surface area contributed by atoms with E-state index < -0.39 is 0 Å². The van der Waals surface area contributed by atoms with E-state index in [1.165, 1.54) is 7.11 Å². The molecule has 0 spiro atoms. The molecule has 2 N–H and O–H groups in total. The molecule has 0 aliphatic carbocycles. The molecule has 0 saturated carbocycles. The highest BCUT2D eigenvalue weighted by atomic mass is 16.5. The highest BCUT2D eigenvalue weighted by molar-refractivity contribution is 5.94. The predicted octanol–water partition coefficient (Wildman–Crippen LogP) is 1.05. The Hall–Kier alpha value is -2.03. The molecule has 0 aliphatic rings. The van der Waals surface area contributed by atoms with Crippen LogP contribution >= 0.6 is 0 Å². The molecule has 0 bridgehead atoms. The number of ether oxygens (including phenoxy) is 2. The summed E-state index contributed by atoms with van der Waals surface area (Å²) >= 11 is 0. The van der Waals surface area contributed by atoms with Crippen LogP contribution in [0.15, 0.2) is 18.2 Å². The molecule has 0 saturated heterocycles. The minimum Gasteiger partial charge on any atom is -0.495 e. The molecule has 1 rings (SSSR count). The minimum absolute atomic E-state index is 0.173. The normalized spacial score (nSPS) is 11.2. The van der Waals surface area contributed by atoms with Crippen molar-refractivity contribution < 1.29 is 19.4 Å². The first-order valence-electron chi connectivity index (χ1n) is 6.67. The quantitative estimate of drug-likeness (QED) is 0.769. The third-order valence-corrected chi connectivity index (χ3v) is 2.83. The van der Waals surface area contributed by atoms with Gasteiger partial charge in [0.15, 0.2) is 0 Å². The average Bonchev–Trinajstić information content (AvgIpc) is 2.50. The average molecular weight is 291 g/mol. The van der Waals surface area contributed by atoms with Crippen molar-refractivity contribution in [2.45, 2.75) is 6.92 Å². The second kappa shape index (κ2) is 9.01. The van der Waals surface area contributed by atoms with E-state index in [1.54, 1.807) is 25.3 Å². The van der Waals surface area contributed by atoms with Crippen molar-refractivity contribution in [1.29, 1.82) is 0 Å². The number of amides is 1. The van der Waals surface area contributed by atoms with Crippen molar-refractivity contribution in [3.05, 3.63) is 29.3 Å². The van der Waals surface area contributed by atoms with Crippen molar-refractivity contribution in [1.82, 2.24) is 5.32 Å². The molecular weight excluding hydrogens is 270 g/mol. The van der Waals surface area contributed by atoms with Crippen LogP contribution in [0.25, 0.3) is 0 Å². The highest BCUT2D eigenvalue weighted by Crippen LogP contribution is 2.18. The fraction of sp³-hybridized carbons (Fsp3) is 0.438. The summed E-state index contributed by atoms with van der Waals surface area (Å²) < 4.78 is 10.2. The third kappa shape index (κ3) is 5.46. The van der Waals surface area contributed by atoms with Gasteiger partial charge in [0.05, 0.1) is 19.3 Å². The number of aliphatic hydroxyl groups excluding tert-OH is 1. The van der Waals surface area contributed by atoms with E-state index in [-0.39, 0.29) is 18.4 Å².